The highest BCUT2D eigenvalue weighted by Crippen LogP contribution is 2.13. The Hall–Kier alpha value is -1.33. The van der Waals surface area contributed by atoms with Gasteiger partial charge in [0.2, 0.25) is 0 Å². The second kappa shape index (κ2) is 7.86. The monoisotopic (exact) mass is 239 g/mol. The Kier molecular flexibility index (Phi) is 6.35. The number of hydrogen-bond donors (Lipinski definition) is 3. The molecule has 0 bridgehead atoms. The van der Waals surface area contributed by atoms with Crippen LogP contribution in [-0.4, -0.2) is 43.0 Å². The smallest absolute Gasteiger partial charge is 0.127 e. The Bertz CT molecular complexity index is 320. The number of aliphatic hydroxyl groups is 1. The second-order valence-corrected chi connectivity index (χ2v) is 3.84. The van der Waals surface area contributed by atoms with Crippen LogP contribution in [0, 0.1) is 0 Å². The van der Waals surface area contributed by atoms with E-state index in [1.54, 1.807) is 13.3 Å². The number of rotatable bonds is 8. The Morgan fingerprint density at radius 2 is 2.35 bits per heavy atom. The van der Waals surface area contributed by atoms with E-state index >= 15 is 0 Å². The Balaban J connectivity index is 2.57. The van der Waals surface area contributed by atoms with Crippen molar-refractivity contribution in [2.24, 2.45) is 0 Å². The summed E-state index contributed by atoms with van der Waals surface area (Å²) in [5, 5.41) is 15.6. The van der Waals surface area contributed by atoms with E-state index in [1.165, 1.54) is 0 Å². The van der Waals surface area contributed by atoms with Gasteiger partial charge >= 0.3 is 0 Å². The van der Waals surface area contributed by atoms with Gasteiger partial charge in [0.05, 0.1) is 19.3 Å². The highest BCUT2D eigenvalue weighted by Gasteiger charge is 2.06. The lowest BCUT2D eigenvalue weighted by Crippen LogP contribution is -2.28. The third kappa shape index (κ3) is 5.01. The summed E-state index contributed by atoms with van der Waals surface area (Å²) < 4.78 is 5.01. The van der Waals surface area contributed by atoms with Gasteiger partial charge in [0.1, 0.15) is 5.82 Å². The van der Waals surface area contributed by atoms with Crippen LogP contribution in [0.4, 0.5) is 11.5 Å². The summed E-state index contributed by atoms with van der Waals surface area (Å²) in [5.74, 6) is 0.839. The summed E-state index contributed by atoms with van der Waals surface area (Å²) >= 11 is 0. The number of pyridine rings is 1. The molecule has 0 aliphatic heterocycles. The molecule has 1 atom stereocenters. The molecule has 0 saturated heterocycles. The van der Waals surface area contributed by atoms with Crippen molar-refractivity contribution in [1.82, 2.24) is 4.98 Å². The number of aliphatic hydroxyl groups excluding tert-OH is 1. The molecule has 0 aromatic carbocycles. The Labute approximate surface area is 102 Å². The summed E-state index contributed by atoms with van der Waals surface area (Å²) in [6.45, 7) is 3.51. The minimum Gasteiger partial charge on any atom is -0.394 e. The van der Waals surface area contributed by atoms with E-state index < -0.39 is 0 Å². The largest absolute Gasteiger partial charge is 0.394 e. The SMILES string of the molecule is CCCNc1cc(NC(CO)COC)ccn1. The first-order chi connectivity index (χ1) is 8.30. The van der Waals surface area contributed by atoms with Gasteiger partial charge in [-0.2, -0.15) is 0 Å². The van der Waals surface area contributed by atoms with Crippen LogP contribution in [0.25, 0.3) is 0 Å². The fraction of sp³-hybridized carbons (Fsp3) is 0.583. The van der Waals surface area contributed by atoms with Crippen molar-refractivity contribution in [1.29, 1.82) is 0 Å². The van der Waals surface area contributed by atoms with E-state index in [2.05, 4.69) is 22.5 Å². The number of anilines is 2. The highest BCUT2D eigenvalue weighted by molar-refractivity contribution is 5.52. The molecule has 17 heavy (non-hydrogen) atoms. The predicted molar refractivity (Wildman–Crippen MR) is 69.4 cm³/mol. The number of hydrogen-bond acceptors (Lipinski definition) is 5. The Morgan fingerprint density at radius 1 is 1.53 bits per heavy atom. The molecule has 0 saturated carbocycles. The molecule has 5 nitrogen and oxygen atoms in total. The number of nitrogens with one attached hydrogen (secondary N) is 2. The van der Waals surface area contributed by atoms with Gasteiger partial charge in [0.25, 0.3) is 0 Å². The average Bonchev–Trinajstić information content (AvgIpc) is 2.36. The van der Waals surface area contributed by atoms with E-state index in [9.17, 15) is 0 Å². The van der Waals surface area contributed by atoms with Gasteiger partial charge in [-0.1, -0.05) is 6.92 Å². The van der Waals surface area contributed by atoms with Crippen molar-refractivity contribution in [3.8, 4) is 0 Å². The van der Waals surface area contributed by atoms with Crippen molar-refractivity contribution < 1.29 is 9.84 Å². The highest BCUT2D eigenvalue weighted by atomic mass is 16.5. The van der Waals surface area contributed by atoms with Crippen LogP contribution < -0.4 is 10.6 Å². The summed E-state index contributed by atoms with van der Waals surface area (Å²) in [5.41, 5.74) is 0.926. The molecule has 0 spiro atoms. The lowest BCUT2D eigenvalue weighted by Gasteiger charge is -2.17. The first-order valence-corrected chi connectivity index (χ1v) is 5.86. The van der Waals surface area contributed by atoms with Crippen LogP contribution in [-0.2, 0) is 4.74 Å². The topological polar surface area (TPSA) is 66.4 Å². The molecule has 1 aromatic rings. The van der Waals surface area contributed by atoms with Crippen molar-refractivity contribution >= 4 is 11.5 Å². The third-order valence-corrected chi connectivity index (χ3v) is 2.28. The van der Waals surface area contributed by atoms with E-state index in [1.807, 2.05) is 12.1 Å². The lowest BCUT2D eigenvalue weighted by molar-refractivity contribution is 0.153. The van der Waals surface area contributed by atoms with Crippen molar-refractivity contribution in [2.75, 3.05) is 37.5 Å². The molecule has 1 unspecified atom stereocenters. The van der Waals surface area contributed by atoms with Gasteiger partial charge in [-0.25, -0.2) is 4.98 Å². The van der Waals surface area contributed by atoms with E-state index in [0.29, 0.717) is 6.61 Å². The van der Waals surface area contributed by atoms with Crippen molar-refractivity contribution in [3.05, 3.63) is 18.3 Å². The maximum absolute atomic E-state index is 9.16. The molecule has 1 heterocycles. The van der Waals surface area contributed by atoms with Gasteiger partial charge in [-0.05, 0) is 12.5 Å². The molecule has 0 aliphatic carbocycles. The fourth-order valence-electron chi connectivity index (χ4n) is 1.45. The number of methoxy groups -OCH3 is 1. The normalized spacial score (nSPS) is 12.2. The maximum atomic E-state index is 9.16. The third-order valence-electron chi connectivity index (χ3n) is 2.28. The number of nitrogens with zero attached hydrogens (tertiary/aromatic N) is 1. The summed E-state index contributed by atoms with van der Waals surface area (Å²) in [7, 11) is 1.62. The van der Waals surface area contributed by atoms with Crippen LogP contribution in [0.1, 0.15) is 13.3 Å². The molecule has 0 aliphatic rings. The first-order valence-electron chi connectivity index (χ1n) is 5.86. The summed E-state index contributed by atoms with van der Waals surface area (Å²) in [6.07, 6.45) is 2.80. The quantitative estimate of drug-likeness (QED) is 0.638. The van der Waals surface area contributed by atoms with Crippen LogP contribution >= 0.6 is 0 Å². The van der Waals surface area contributed by atoms with Crippen LogP contribution in [0.2, 0.25) is 0 Å². The standard InChI is InChI=1S/C12H21N3O2/c1-3-5-13-12-7-10(4-6-14-12)15-11(8-16)9-17-2/h4,6-7,11,16H,3,5,8-9H2,1-2H3,(H2,13,14,15). The van der Waals surface area contributed by atoms with Gasteiger partial charge < -0.3 is 20.5 Å². The average molecular weight is 239 g/mol. The molecule has 5 heteroatoms. The van der Waals surface area contributed by atoms with Gasteiger partial charge in [-0.3, -0.25) is 0 Å². The van der Waals surface area contributed by atoms with E-state index in [-0.39, 0.29) is 12.6 Å². The minimum atomic E-state index is -0.0959. The molecule has 3 N–H and O–H groups in total. The van der Waals surface area contributed by atoms with Gasteiger partial charge in [-0.15, -0.1) is 0 Å². The Morgan fingerprint density at radius 3 is 3.00 bits per heavy atom. The number of aromatic nitrogens is 1. The molecule has 0 fully saturated rings. The summed E-state index contributed by atoms with van der Waals surface area (Å²) in [6, 6.07) is 3.70. The van der Waals surface area contributed by atoms with E-state index in [0.717, 1.165) is 24.5 Å². The van der Waals surface area contributed by atoms with Crippen LogP contribution in [0.15, 0.2) is 18.3 Å². The zero-order valence-corrected chi connectivity index (χ0v) is 10.4. The van der Waals surface area contributed by atoms with E-state index in [4.69, 9.17) is 9.84 Å². The van der Waals surface area contributed by atoms with Crippen molar-refractivity contribution in [2.45, 2.75) is 19.4 Å². The van der Waals surface area contributed by atoms with Crippen molar-refractivity contribution in [3.63, 3.8) is 0 Å². The van der Waals surface area contributed by atoms with Crippen LogP contribution in [0.5, 0.6) is 0 Å². The maximum Gasteiger partial charge on any atom is 0.127 e. The number of ether oxygens (including phenoxy) is 1. The molecule has 1 rings (SSSR count). The molecular weight excluding hydrogens is 218 g/mol. The molecule has 0 amide bonds. The van der Waals surface area contributed by atoms with Gasteiger partial charge in [0, 0.05) is 31.6 Å². The lowest BCUT2D eigenvalue weighted by atomic mass is 10.3. The second-order valence-electron chi connectivity index (χ2n) is 3.84. The zero-order chi connectivity index (χ0) is 12.5. The zero-order valence-electron chi connectivity index (χ0n) is 10.4. The van der Waals surface area contributed by atoms with Crippen LogP contribution in [0.3, 0.4) is 0 Å². The molecule has 1 aromatic heterocycles. The minimum absolute atomic E-state index is 0.0356. The first kappa shape index (κ1) is 13.7. The molecular formula is C12H21N3O2. The summed E-state index contributed by atoms with van der Waals surface area (Å²) in [4.78, 5) is 4.21. The fourth-order valence-corrected chi connectivity index (χ4v) is 1.45. The molecule has 96 valence electrons. The van der Waals surface area contributed by atoms with Gasteiger partial charge in [0.15, 0.2) is 0 Å². The molecule has 0 radical (unpaired) electrons. The predicted octanol–water partition coefficient (Wildman–Crippen LogP) is 1.32.